The lowest BCUT2D eigenvalue weighted by Gasteiger charge is -2.37. The Kier molecular flexibility index (Phi) is 13.9. The number of unbranched alkanes of at least 4 members (excludes halogenated alkanes) is 1. The van der Waals surface area contributed by atoms with Crippen LogP contribution in [0.5, 0.6) is 0 Å². The minimum atomic E-state index is -1.01. The van der Waals surface area contributed by atoms with E-state index in [1.807, 2.05) is 27.7 Å². The second-order valence-electron chi connectivity index (χ2n) is 15.5. The molecule has 2 aliphatic carbocycles. The van der Waals surface area contributed by atoms with Gasteiger partial charge in [0.15, 0.2) is 0 Å². The highest BCUT2D eigenvalue weighted by molar-refractivity contribution is 6.38. The van der Waals surface area contributed by atoms with Crippen LogP contribution in [0.15, 0.2) is 18.6 Å². The molecule has 5 amide bonds. The summed E-state index contributed by atoms with van der Waals surface area (Å²) in [4.78, 5) is 91.2. The lowest BCUT2D eigenvalue weighted by Crippen LogP contribution is -2.62. The van der Waals surface area contributed by atoms with Crippen molar-refractivity contribution in [3.8, 4) is 0 Å². The van der Waals surface area contributed by atoms with Crippen molar-refractivity contribution in [2.75, 3.05) is 6.54 Å². The number of likely N-dealkylation sites (tertiary alicyclic amines) is 1. The molecule has 1 aromatic heterocycles. The first-order valence-electron chi connectivity index (χ1n) is 18.7. The highest BCUT2D eigenvalue weighted by atomic mass is 16.2. The molecule has 0 spiro atoms. The number of amides is 5. The van der Waals surface area contributed by atoms with Crippen LogP contribution in [0.2, 0.25) is 0 Å². The molecule has 2 heterocycles. The summed E-state index contributed by atoms with van der Waals surface area (Å²) in [6, 6.07) is -3.75. The molecule has 0 bridgehead atoms. The van der Waals surface area contributed by atoms with Gasteiger partial charge in [0.05, 0.1) is 12.2 Å². The fraction of sp³-hybridized carbons (Fsp3) is 0.730. The second-order valence-corrected chi connectivity index (χ2v) is 15.5. The van der Waals surface area contributed by atoms with E-state index < -0.39 is 64.9 Å². The smallest absolute Gasteiger partial charge is 0.289 e. The van der Waals surface area contributed by atoms with Crippen LogP contribution < -0.4 is 21.3 Å². The van der Waals surface area contributed by atoms with Crippen LogP contribution in [-0.2, 0) is 24.0 Å². The first-order chi connectivity index (χ1) is 23.8. The third kappa shape index (κ3) is 10.6. The summed E-state index contributed by atoms with van der Waals surface area (Å²) >= 11 is 0. The summed E-state index contributed by atoms with van der Waals surface area (Å²) in [5.74, 6) is -3.26. The highest BCUT2D eigenvalue weighted by Crippen LogP contribution is 2.32. The molecule has 50 heavy (non-hydrogen) atoms. The van der Waals surface area contributed by atoms with Gasteiger partial charge >= 0.3 is 0 Å². The predicted octanol–water partition coefficient (Wildman–Crippen LogP) is 3.23. The van der Waals surface area contributed by atoms with Crippen LogP contribution in [0.3, 0.4) is 0 Å². The Morgan fingerprint density at radius 1 is 0.920 bits per heavy atom. The first-order valence-corrected chi connectivity index (χ1v) is 18.7. The SMILES string of the molecule is CCCCC1C[C@H](C(=O)N[C@H](CCC)C(=O)C(=O)NC2CC2)N(C(=O)[C@H](NC(=O)[C@@H](NC(=O)c2cnccn2)C2CCCCC2)C(C)(C)C)C1. The summed E-state index contributed by atoms with van der Waals surface area (Å²) in [5.41, 5.74) is -0.651. The molecule has 3 aliphatic rings. The van der Waals surface area contributed by atoms with E-state index in [2.05, 4.69) is 38.2 Å². The third-order valence-electron chi connectivity index (χ3n) is 10.2. The molecule has 1 saturated heterocycles. The van der Waals surface area contributed by atoms with E-state index >= 15 is 0 Å². The van der Waals surface area contributed by atoms with Crippen molar-refractivity contribution in [3.05, 3.63) is 24.3 Å². The van der Waals surface area contributed by atoms with E-state index in [4.69, 9.17) is 0 Å². The molecule has 276 valence electrons. The molecule has 13 nitrogen and oxygen atoms in total. The van der Waals surface area contributed by atoms with Crippen LogP contribution in [-0.4, -0.2) is 86.9 Å². The number of nitrogens with zero attached hydrogens (tertiary/aromatic N) is 3. The molecular weight excluding hydrogens is 638 g/mol. The van der Waals surface area contributed by atoms with Crippen LogP contribution in [0.1, 0.15) is 129 Å². The number of hydrogen-bond donors (Lipinski definition) is 4. The minimum Gasteiger partial charge on any atom is -0.347 e. The molecule has 4 rings (SSSR count). The Hall–Kier alpha value is -3.90. The normalized spacial score (nSPS) is 21.4. The Morgan fingerprint density at radius 3 is 2.24 bits per heavy atom. The molecule has 2 saturated carbocycles. The van der Waals surface area contributed by atoms with Gasteiger partial charge in [-0.05, 0) is 62.2 Å². The number of aromatic nitrogens is 2. The van der Waals surface area contributed by atoms with E-state index in [0.717, 1.165) is 64.2 Å². The Bertz CT molecular complexity index is 1360. The van der Waals surface area contributed by atoms with Crippen LogP contribution >= 0.6 is 0 Å². The summed E-state index contributed by atoms with van der Waals surface area (Å²) in [6.45, 7) is 9.88. The van der Waals surface area contributed by atoms with E-state index in [0.29, 0.717) is 25.8 Å². The second kappa shape index (κ2) is 17.8. The lowest BCUT2D eigenvalue weighted by atomic mass is 9.82. The number of carbonyl (C=O) groups is 6. The molecule has 13 heteroatoms. The number of Topliss-reactive ketones (excluding diaryl/α,β-unsaturated/α-hetero) is 1. The zero-order chi connectivity index (χ0) is 36.4. The van der Waals surface area contributed by atoms with Crippen LogP contribution in [0.25, 0.3) is 0 Å². The standard InChI is InChI=1S/C37H57N7O6/c1-6-8-13-23-20-28(33(47)41-26(12-7-2)30(45)35(49)40-25-16-17-25)44(22-23)36(50)31(37(3,4)5)43-34(48)29(24-14-10-9-11-15-24)42-32(46)27-21-38-18-19-39-27/h18-19,21,23-26,28-29,31H,6-17,20,22H2,1-5H3,(H,40,49)(H,41,47)(H,42,46)(H,43,48)/t23?,26-,28-,29+,31+/m1/s1. The largest absolute Gasteiger partial charge is 0.347 e. The molecule has 3 fully saturated rings. The predicted molar refractivity (Wildman–Crippen MR) is 187 cm³/mol. The Labute approximate surface area is 296 Å². The fourth-order valence-electron chi connectivity index (χ4n) is 7.13. The zero-order valence-corrected chi connectivity index (χ0v) is 30.5. The average Bonchev–Trinajstić information content (AvgIpc) is 3.82. The third-order valence-corrected chi connectivity index (χ3v) is 10.2. The van der Waals surface area contributed by atoms with Crippen molar-refractivity contribution in [1.29, 1.82) is 0 Å². The van der Waals surface area contributed by atoms with Crippen LogP contribution in [0, 0.1) is 17.3 Å². The van der Waals surface area contributed by atoms with E-state index in [9.17, 15) is 28.8 Å². The van der Waals surface area contributed by atoms with Gasteiger partial charge < -0.3 is 26.2 Å². The first kappa shape index (κ1) is 38.9. The van der Waals surface area contributed by atoms with Crippen molar-refractivity contribution in [3.63, 3.8) is 0 Å². The number of carbonyl (C=O) groups excluding carboxylic acids is 6. The molecule has 1 aliphatic heterocycles. The Balaban J connectivity index is 1.56. The maximum absolute atomic E-state index is 14.6. The van der Waals surface area contributed by atoms with Gasteiger partial charge in [0.25, 0.3) is 11.8 Å². The molecule has 5 atom stereocenters. The Morgan fingerprint density at radius 2 is 1.64 bits per heavy atom. The van der Waals surface area contributed by atoms with Crippen molar-refractivity contribution in [1.82, 2.24) is 36.1 Å². The molecule has 4 N–H and O–H groups in total. The van der Waals surface area contributed by atoms with Crippen LogP contribution in [0.4, 0.5) is 0 Å². The molecular formula is C37H57N7O6. The maximum atomic E-state index is 14.6. The number of ketones is 1. The van der Waals surface area contributed by atoms with E-state index in [-0.39, 0.29) is 23.6 Å². The van der Waals surface area contributed by atoms with Crippen molar-refractivity contribution in [2.24, 2.45) is 17.3 Å². The number of nitrogens with one attached hydrogen (secondary N) is 4. The minimum absolute atomic E-state index is 0.00860. The fourth-order valence-corrected chi connectivity index (χ4v) is 7.13. The maximum Gasteiger partial charge on any atom is 0.289 e. The number of rotatable bonds is 16. The lowest BCUT2D eigenvalue weighted by molar-refractivity contribution is -0.145. The van der Waals surface area contributed by atoms with Gasteiger partial charge in [-0.3, -0.25) is 33.8 Å². The number of hydrogen-bond acceptors (Lipinski definition) is 8. The molecule has 1 aromatic rings. The summed E-state index contributed by atoms with van der Waals surface area (Å²) in [7, 11) is 0. The quantitative estimate of drug-likeness (QED) is 0.190. The van der Waals surface area contributed by atoms with E-state index in [1.165, 1.54) is 18.6 Å². The van der Waals surface area contributed by atoms with Gasteiger partial charge in [-0.1, -0.05) is 73.1 Å². The zero-order valence-electron chi connectivity index (χ0n) is 30.5. The summed E-state index contributed by atoms with van der Waals surface area (Å²) < 4.78 is 0. The van der Waals surface area contributed by atoms with Gasteiger partial charge in [-0.25, -0.2) is 4.98 Å². The molecule has 1 unspecified atom stereocenters. The van der Waals surface area contributed by atoms with E-state index in [1.54, 1.807) is 4.90 Å². The average molecular weight is 696 g/mol. The van der Waals surface area contributed by atoms with Gasteiger partial charge in [-0.15, -0.1) is 0 Å². The molecule has 0 aromatic carbocycles. The monoisotopic (exact) mass is 695 g/mol. The van der Waals surface area contributed by atoms with Gasteiger partial charge in [0, 0.05) is 25.0 Å². The summed E-state index contributed by atoms with van der Waals surface area (Å²) in [5, 5.41) is 11.4. The highest BCUT2D eigenvalue weighted by Gasteiger charge is 2.46. The molecule has 0 radical (unpaired) electrons. The van der Waals surface area contributed by atoms with Crippen molar-refractivity contribution in [2.45, 2.75) is 148 Å². The van der Waals surface area contributed by atoms with Gasteiger partial charge in [-0.2, -0.15) is 0 Å². The van der Waals surface area contributed by atoms with Crippen molar-refractivity contribution < 1.29 is 28.8 Å². The van der Waals surface area contributed by atoms with Gasteiger partial charge in [0.1, 0.15) is 23.8 Å². The van der Waals surface area contributed by atoms with Crippen molar-refractivity contribution >= 4 is 35.3 Å². The topological polar surface area (TPSA) is 180 Å². The van der Waals surface area contributed by atoms with Gasteiger partial charge in [0.2, 0.25) is 23.5 Å². The summed E-state index contributed by atoms with van der Waals surface area (Å²) in [6.07, 6.45) is 14.4.